The minimum Gasteiger partial charge on any atom is -0.229 e. The quantitative estimate of drug-likeness (QED) is 0.780. The summed E-state index contributed by atoms with van der Waals surface area (Å²) in [4.78, 5) is 10.6. The fraction of sp³-hybridized carbons (Fsp3) is 0.500. The molecule has 0 heterocycles. The summed E-state index contributed by atoms with van der Waals surface area (Å²) in [7, 11) is -3.11. The minimum absolute atomic E-state index is 0.0700. The third-order valence-corrected chi connectivity index (χ3v) is 3.24. The highest BCUT2D eigenvalue weighted by Gasteiger charge is 2.16. The van der Waals surface area contributed by atoms with Gasteiger partial charge in [-0.1, -0.05) is 26.8 Å². The van der Waals surface area contributed by atoms with Gasteiger partial charge in [0.1, 0.15) is 5.69 Å². The molecule has 0 fully saturated rings. The average Bonchev–Trinajstić information content (AvgIpc) is 2.13. The highest BCUT2D eigenvalue weighted by Crippen LogP contribution is 2.28. The van der Waals surface area contributed by atoms with E-state index >= 15 is 0 Å². The Labute approximate surface area is 102 Å². The highest BCUT2D eigenvalue weighted by molar-refractivity contribution is 7.89. The van der Waals surface area contributed by atoms with Crippen LogP contribution in [0.2, 0.25) is 0 Å². The molecule has 0 aromatic heterocycles. The van der Waals surface area contributed by atoms with Crippen LogP contribution < -0.4 is 0 Å². The molecule has 1 aromatic carbocycles. The summed E-state index contributed by atoms with van der Waals surface area (Å²) in [5.41, 5.74) is 1.64. The summed E-state index contributed by atoms with van der Waals surface area (Å²) in [5.74, 6) is -0.0700. The van der Waals surface area contributed by atoms with Gasteiger partial charge in [0.15, 0.2) is 9.84 Å². The van der Waals surface area contributed by atoms with E-state index in [2.05, 4.69) is 5.18 Å². The number of sulfone groups is 1. The van der Waals surface area contributed by atoms with Crippen molar-refractivity contribution in [2.75, 3.05) is 6.26 Å². The Morgan fingerprint density at radius 3 is 2.18 bits per heavy atom. The van der Waals surface area contributed by atoms with Crippen LogP contribution in [0.25, 0.3) is 0 Å². The Morgan fingerprint density at radius 1 is 1.18 bits per heavy atom. The molecular weight excluding hydrogens is 238 g/mol. The number of nitroso groups, excluding NO2 is 1. The van der Waals surface area contributed by atoms with E-state index in [1.807, 2.05) is 26.8 Å². The van der Waals surface area contributed by atoms with Crippen molar-refractivity contribution in [1.82, 2.24) is 0 Å². The molecule has 0 aliphatic rings. The molecule has 0 spiro atoms. The van der Waals surface area contributed by atoms with Crippen LogP contribution in [0, 0.1) is 4.91 Å². The van der Waals surface area contributed by atoms with Crippen molar-refractivity contribution in [2.24, 2.45) is 5.18 Å². The van der Waals surface area contributed by atoms with Gasteiger partial charge in [0.05, 0.1) is 5.75 Å². The molecule has 5 heteroatoms. The number of hydrogen-bond acceptors (Lipinski definition) is 4. The second-order valence-electron chi connectivity index (χ2n) is 5.30. The van der Waals surface area contributed by atoms with E-state index in [9.17, 15) is 13.3 Å². The molecule has 1 aromatic rings. The van der Waals surface area contributed by atoms with Crippen molar-refractivity contribution in [2.45, 2.75) is 31.9 Å². The van der Waals surface area contributed by atoms with Crippen LogP contribution in [0.1, 0.15) is 31.9 Å². The molecular formula is C12H17NO3S. The number of rotatable bonds is 3. The molecule has 0 aliphatic heterocycles. The zero-order chi connectivity index (χ0) is 13.3. The van der Waals surface area contributed by atoms with E-state index in [-0.39, 0.29) is 16.9 Å². The van der Waals surface area contributed by atoms with Crippen LogP contribution in [-0.2, 0) is 21.0 Å². The Balaban J connectivity index is 3.28. The molecule has 0 saturated heterocycles. The molecule has 0 radical (unpaired) electrons. The number of benzene rings is 1. The monoisotopic (exact) mass is 255 g/mol. The number of hydrogen-bond donors (Lipinski definition) is 0. The predicted molar refractivity (Wildman–Crippen MR) is 69.1 cm³/mol. The Morgan fingerprint density at radius 2 is 1.76 bits per heavy atom. The minimum atomic E-state index is -3.11. The van der Waals surface area contributed by atoms with Gasteiger partial charge in [0.25, 0.3) is 0 Å². The lowest BCUT2D eigenvalue weighted by atomic mass is 9.86. The predicted octanol–water partition coefficient (Wildman–Crippen LogP) is 2.93. The van der Waals surface area contributed by atoms with Crippen molar-refractivity contribution < 1.29 is 8.42 Å². The van der Waals surface area contributed by atoms with Crippen LogP contribution >= 0.6 is 0 Å². The molecule has 0 unspecified atom stereocenters. The lowest BCUT2D eigenvalue weighted by Gasteiger charge is -2.20. The van der Waals surface area contributed by atoms with Crippen LogP contribution in [0.15, 0.2) is 23.4 Å². The summed E-state index contributed by atoms with van der Waals surface area (Å²) < 4.78 is 22.5. The fourth-order valence-corrected chi connectivity index (χ4v) is 2.32. The van der Waals surface area contributed by atoms with Crippen molar-refractivity contribution in [3.05, 3.63) is 34.2 Å². The maximum absolute atomic E-state index is 11.3. The van der Waals surface area contributed by atoms with Gasteiger partial charge in [0, 0.05) is 6.26 Å². The van der Waals surface area contributed by atoms with Gasteiger partial charge >= 0.3 is 0 Å². The van der Waals surface area contributed by atoms with E-state index in [4.69, 9.17) is 0 Å². The first-order valence-corrected chi connectivity index (χ1v) is 7.33. The number of nitrogens with zero attached hydrogens (tertiary/aromatic N) is 1. The SMILES string of the molecule is CC(C)(C)c1cc(CS(C)(=O)=O)cc(N=O)c1. The van der Waals surface area contributed by atoms with Crippen LogP contribution in [0.4, 0.5) is 5.69 Å². The zero-order valence-electron chi connectivity index (χ0n) is 10.5. The molecule has 0 atom stereocenters. The van der Waals surface area contributed by atoms with Gasteiger partial charge in [-0.05, 0) is 33.9 Å². The van der Waals surface area contributed by atoms with Crippen molar-refractivity contribution in [1.29, 1.82) is 0 Å². The molecule has 17 heavy (non-hydrogen) atoms. The van der Waals surface area contributed by atoms with Gasteiger partial charge in [0.2, 0.25) is 0 Å². The first-order valence-electron chi connectivity index (χ1n) is 5.27. The lowest BCUT2D eigenvalue weighted by Crippen LogP contribution is -2.12. The van der Waals surface area contributed by atoms with E-state index in [0.29, 0.717) is 5.56 Å². The van der Waals surface area contributed by atoms with E-state index in [0.717, 1.165) is 5.56 Å². The summed E-state index contributed by atoms with van der Waals surface area (Å²) in [6.07, 6.45) is 1.17. The van der Waals surface area contributed by atoms with E-state index in [1.54, 1.807) is 6.07 Å². The van der Waals surface area contributed by atoms with Gasteiger partial charge in [-0.25, -0.2) is 8.42 Å². The topological polar surface area (TPSA) is 63.6 Å². The van der Waals surface area contributed by atoms with Crippen molar-refractivity contribution >= 4 is 15.5 Å². The maximum atomic E-state index is 11.3. The van der Waals surface area contributed by atoms with Gasteiger partial charge < -0.3 is 0 Å². The Kier molecular flexibility index (Phi) is 3.71. The zero-order valence-corrected chi connectivity index (χ0v) is 11.3. The van der Waals surface area contributed by atoms with Crippen molar-refractivity contribution in [3.63, 3.8) is 0 Å². The molecule has 94 valence electrons. The molecule has 0 N–H and O–H groups in total. The second-order valence-corrected chi connectivity index (χ2v) is 7.44. The highest BCUT2D eigenvalue weighted by atomic mass is 32.2. The maximum Gasteiger partial charge on any atom is 0.151 e. The van der Waals surface area contributed by atoms with Crippen LogP contribution in [0.3, 0.4) is 0 Å². The van der Waals surface area contributed by atoms with Gasteiger partial charge in [-0.2, -0.15) is 0 Å². The average molecular weight is 255 g/mol. The fourth-order valence-electron chi connectivity index (χ4n) is 1.55. The van der Waals surface area contributed by atoms with Crippen molar-refractivity contribution in [3.8, 4) is 0 Å². The first kappa shape index (κ1) is 13.8. The lowest BCUT2D eigenvalue weighted by molar-refractivity contribution is 0.588. The smallest absolute Gasteiger partial charge is 0.151 e. The summed E-state index contributed by atoms with van der Waals surface area (Å²) >= 11 is 0. The molecule has 0 aliphatic carbocycles. The normalized spacial score (nSPS) is 12.5. The third kappa shape index (κ3) is 4.26. The van der Waals surface area contributed by atoms with E-state index < -0.39 is 9.84 Å². The Hall–Kier alpha value is -1.23. The molecule has 0 amide bonds. The molecule has 1 rings (SSSR count). The molecule has 0 bridgehead atoms. The first-order chi connectivity index (χ1) is 7.62. The summed E-state index contributed by atoms with van der Waals surface area (Å²) in [6, 6.07) is 5.03. The van der Waals surface area contributed by atoms with Crippen LogP contribution in [-0.4, -0.2) is 14.7 Å². The Bertz CT molecular complexity index is 527. The van der Waals surface area contributed by atoms with Gasteiger partial charge in [-0.3, -0.25) is 0 Å². The summed E-state index contributed by atoms with van der Waals surface area (Å²) in [6.45, 7) is 6.00. The van der Waals surface area contributed by atoms with E-state index in [1.165, 1.54) is 12.3 Å². The molecule has 4 nitrogen and oxygen atoms in total. The largest absolute Gasteiger partial charge is 0.229 e. The third-order valence-electron chi connectivity index (χ3n) is 2.38. The van der Waals surface area contributed by atoms with Crippen LogP contribution in [0.5, 0.6) is 0 Å². The summed E-state index contributed by atoms with van der Waals surface area (Å²) in [5, 5.41) is 2.89. The standard InChI is InChI=1S/C12H17NO3S/c1-12(2,3)10-5-9(8-17(4,15)16)6-11(7-10)13-14/h5-7H,8H2,1-4H3. The van der Waals surface area contributed by atoms with Gasteiger partial charge in [-0.15, -0.1) is 4.91 Å². The second kappa shape index (κ2) is 4.56. The molecule has 0 saturated carbocycles.